The fourth-order valence-electron chi connectivity index (χ4n) is 1.94. The third-order valence-electron chi connectivity index (χ3n) is 3.49. The summed E-state index contributed by atoms with van der Waals surface area (Å²) in [4.78, 5) is 9.04. The first-order valence-corrected chi connectivity index (χ1v) is 8.79. The average molecular weight is 298 g/mol. The molecule has 1 fully saturated rings. The van der Waals surface area contributed by atoms with Gasteiger partial charge in [-0.25, -0.2) is 18.4 Å². The smallest absolute Gasteiger partial charge is 0.151 e. The molecular formula is C13H22N4O2S. The van der Waals surface area contributed by atoms with Crippen molar-refractivity contribution in [1.29, 1.82) is 0 Å². The van der Waals surface area contributed by atoms with Crippen LogP contribution in [0, 0.1) is 6.92 Å². The van der Waals surface area contributed by atoms with Gasteiger partial charge in [0.25, 0.3) is 0 Å². The van der Waals surface area contributed by atoms with E-state index in [9.17, 15) is 8.42 Å². The Morgan fingerprint density at radius 2 is 1.90 bits per heavy atom. The molecule has 0 radical (unpaired) electrons. The van der Waals surface area contributed by atoms with E-state index in [1.165, 1.54) is 0 Å². The van der Waals surface area contributed by atoms with Gasteiger partial charge in [0.2, 0.25) is 0 Å². The number of aromatic nitrogens is 2. The summed E-state index contributed by atoms with van der Waals surface area (Å²) >= 11 is 0. The summed E-state index contributed by atoms with van der Waals surface area (Å²) in [5, 5.41) is 6.20. The average Bonchev–Trinajstić information content (AvgIpc) is 3.25. The van der Waals surface area contributed by atoms with E-state index in [2.05, 4.69) is 20.6 Å². The van der Waals surface area contributed by atoms with Crippen molar-refractivity contribution >= 4 is 21.5 Å². The number of rotatable bonds is 7. The van der Waals surface area contributed by atoms with E-state index in [0.29, 0.717) is 12.5 Å². The second-order valence-electron chi connectivity index (χ2n) is 5.09. The highest BCUT2D eigenvalue weighted by Gasteiger charge is 2.28. The van der Waals surface area contributed by atoms with Gasteiger partial charge in [0.05, 0.1) is 5.75 Å². The van der Waals surface area contributed by atoms with Gasteiger partial charge in [-0.2, -0.15) is 0 Å². The van der Waals surface area contributed by atoms with Crippen LogP contribution < -0.4 is 10.6 Å². The highest BCUT2D eigenvalue weighted by Crippen LogP contribution is 2.39. The van der Waals surface area contributed by atoms with Crippen molar-refractivity contribution in [3.8, 4) is 0 Å². The zero-order valence-corrected chi connectivity index (χ0v) is 13.0. The topological polar surface area (TPSA) is 84.0 Å². The molecule has 0 aliphatic heterocycles. The quantitative estimate of drug-likeness (QED) is 0.794. The maximum Gasteiger partial charge on any atom is 0.151 e. The normalized spacial score (nSPS) is 15.2. The van der Waals surface area contributed by atoms with Crippen LogP contribution in [0.1, 0.15) is 37.1 Å². The molecule has 20 heavy (non-hydrogen) atoms. The zero-order chi connectivity index (χ0) is 14.8. The van der Waals surface area contributed by atoms with Crippen LogP contribution in [0.2, 0.25) is 0 Å². The monoisotopic (exact) mass is 298 g/mol. The van der Waals surface area contributed by atoms with Crippen LogP contribution in [-0.4, -0.2) is 43.5 Å². The van der Waals surface area contributed by atoms with Gasteiger partial charge in [-0.1, -0.05) is 6.92 Å². The van der Waals surface area contributed by atoms with E-state index < -0.39 is 9.84 Å². The lowest BCUT2D eigenvalue weighted by Crippen LogP contribution is -2.19. The van der Waals surface area contributed by atoms with E-state index >= 15 is 0 Å². The van der Waals surface area contributed by atoms with Crippen LogP contribution in [0.15, 0.2) is 0 Å². The number of hydrogen-bond acceptors (Lipinski definition) is 6. The molecule has 1 aromatic rings. The zero-order valence-electron chi connectivity index (χ0n) is 12.2. The Balaban J connectivity index is 2.11. The molecule has 2 N–H and O–H groups in total. The Hall–Kier alpha value is -1.37. The van der Waals surface area contributed by atoms with Gasteiger partial charge in [0.15, 0.2) is 9.84 Å². The molecule has 0 saturated heterocycles. The van der Waals surface area contributed by atoms with Crippen LogP contribution >= 0.6 is 0 Å². The summed E-state index contributed by atoms with van der Waals surface area (Å²) in [5.74, 6) is 3.15. The van der Waals surface area contributed by atoms with Gasteiger partial charge >= 0.3 is 0 Å². The minimum atomic E-state index is -2.95. The molecule has 0 unspecified atom stereocenters. The van der Waals surface area contributed by atoms with Gasteiger partial charge in [0, 0.05) is 30.8 Å². The molecule has 1 aliphatic rings. The third kappa shape index (κ3) is 3.59. The lowest BCUT2D eigenvalue weighted by Gasteiger charge is -2.13. The molecule has 1 saturated carbocycles. The summed E-state index contributed by atoms with van der Waals surface area (Å²) in [7, 11) is -1.12. The number of nitrogens with zero attached hydrogens (tertiary/aromatic N) is 2. The van der Waals surface area contributed by atoms with Crippen molar-refractivity contribution < 1.29 is 8.42 Å². The Kier molecular flexibility index (Phi) is 4.47. The van der Waals surface area contributed by atoms with Gasteiger partial charge < -0.3 is 10.6 Å². The maximum absolute atomic E-state index is 11.5. The highest BCUT2D eigenvalue weighted by molar-refractivity contribution is 7.91. The van der Waals surface area contributed by atoms with Crippen molar-refractivity contribution in [2.45, 2.75) is 32.6 Å². The van der Waals surface area contributed by atoms with Crippen molar-refractivity contribution in [3.63, 3.8) is 0 Å². The first kappa shape index (κ1) is 15.0. The minimum Gasteiger partial charge on any atom is -0.373 e. The van der Waals surface area contributed by atoms with Gasteiger partial charge in [0.1, 0.15) is 17.5 Å². The van der Waals surface area contributed by atoms with Crippen molar-refractivity contribution in [1.82, 2.24) is 9.97 Å². The molecular weight excluding hydrogens is 276 g/mol. The molecule has 1 heterocycles. The van der Waals surface area contributed by atoms with E-state index in [4.69, 9.17) is 0 Å². The van der Waals surface area contributed by atoms with Crippen LogP contribution in [0.5, 0.6) is 0 Å². The largest absolute Gasteiger partial charge is 0.373 e. The summed E-state index contributed by atoms with van der Waals surface area (Å²) in [5.41, 5.74) is 0.922. The molecule has 112 valence electrons. The molecule has 0 amide bonds. The van der Waals surface area contributed by atoms with Crippen LogP contribution in [0.25, 0.3) is 0 Å². The van der Waals surface area contributed by atoms with Gasteiger partial charge in [-0.05, 0) is 19.8 Å². The predicted molar refractivity (Wildman–Crippen MR) is 81.1 cm³/mol. The highest BCUT2D eigenvalue weighted by atomic mass is 32.2. The molecule has 0 aromatic carbocycles. The molecule has 6 nitrogen and oxygen atoms in total. The summed E-state index contributed by atoms with van der Waals surface area (Å²) in [6.07, 6.45) is 2.27. The molecule has 0 spiro atoms. The standard InChI is InChI=1S/C13H22N4O2S/c1-4-20(18,19)8-7-15-12-9(2)11(14-3)16-13(17-12)10-5-6-10/h10H,4-8H2,1-3H3,(H2,14,15,16,17). The lowest BCUT2D eigenvalue weighted by molar-refractivity contribution is 0.597. The Bertz CT molecular complexity index is 582. The minimum absolute atomic E-state index is 0.126. The van der Waals surface area contributed by atoms with E-state index in [0.717, 1.165) is 35.9 Å². The van der Waals surface area contributed by atoms with Gasteiger partial charge in [-0.3, -0.25) is 0 Å². The molecule has 0 atom stereocenters. The predicted octanol–water partition coefficient (Wildman–Crippen LogP) is 1.55. The number of nitrogens with one attached hydrogen (secondary N) is 2. The first-order valence-electron chi connectivity index (χ1n) is 6.97. The molecule has 1 aliphatic carbocycles. The Morgan fingerprint density at radius 3 is 2.45 bits per heavy atom. The fourth-order valence-corrected chi connectivity index (χ4v) is 2.64. The summed E-state index contributed by atoms with van der Waals surface area (Å²) in [6, 6.07) is 0. The summed E-state index contributed by atoms with van der Waals surface area (Å²) in [6.45, 7) is 3.97. The van der Waals surface area contributed by atoms with Crippen LogP contribution in [0.3, 0.4) is 0 Å². The number of sulfone groups is 1. The van der Waals surface area contributed by atoms with Gasteiger partial charge in [-0.15, -0.1) is 0 Å². The first-order chi connectivity index (χ1) is 9.46. The van der Waals surface area contributed by atoms with Crippen molar-refractivity contribution in [3.05, 3.63) is 11.4 Å². The second kappa shape index (κ2) is 5.95. The Morgan fingerprint density at radius 1 is 1.25 bits per heavy atom. The maximum atomic E-state index is 11.5. The molecule has 0 bridgehead atoms. The SMILES string of the molecule is CCS(=O)(=O)CCNc1nc(C2CC2)nc(NC)c1C. The fraction of sp³-hybridized carbons (Fsp3) is 0.692. The number of hydrogen-bond donors (Lipinski definition) is 2. The summed E-state index contributed by atoms with van der Waals surface area (Å²) < 4.78 is 23.0. The molecule has 7 heteroatoms. The second-order valence-corrected chi connectivity index (χ2v) is 7.56. The third-order valence-corrected chi connectivity index (χ3v) is 5.19. The van der Waals surface area contributed by atoms with Crippen LogP contribution in [0.4, 0.5) is 11.6 Å². The lowest BCUT2D eigenvalue weighted by atomic mass is 10.2. The number of anilines is 2. The molecule has 1 aromatic heterocycles. The van der Waals surface area contributed by atoms with Crippen molar-refractivity contribution in [2.75, 3.05) is 35.7 Å². The van der Waals surface area contributed by atoms with Crippen LogP contribution in [-0.2, 0) is 9.84 Å². The van der Waals surface area contributed by atoms with E-state index in [1.54, 1.807) is 6.92 Å². The van der Waals surface area contributed by atoms with E-state index in [1.807, 2.05) is 14.0 Å². The Labute approximate surface area is 120 Å². The molecule has 2 rings (SSSR count). The van der Waals surface area contributed by atoms with E-state index in [-0.39, 0.29) is 11.5 Å². The van der Waals surface area contributed by atoms with Crippen molar-refractivity contribution in [2.24, 2.45) is 0 Å².